The maximum atomic E-state index is 5.63. The molecule has 0 saturated carbocycles. The summed E-state index contributed by atoms with van der Waals surface area (Å²) in [6.07, 6.45) is 4.54. The molecule has 0 atom stereocenters. The molecule has 0 radical (unpaired) electrons. The van der Waals surface area contributed by atoms with Gasteiger partial charge in [-0.15, -0.1) is 0 Å². The van der Waals surface area contributed by atoms with Crippen molar-refractivity contribution >= 4 is 16.8 Å². The normalized spacial score (nSPS) is 11.2. The lowest BCUT2D eigenvalue weighted by molar-refractivity contribution is 1.19. The Morgan fingerprint density at radius 1 is 0.800 bits per heavy atom. The second-order valence-electron chi connectivity index (χ2n) is 4.88. The Bertz CT molecular complexity index is 742. The van der Waals surface area contributed by atoms with E-state index in [0.29, 0.717) is 0 Å². The van der Waals surface area contributed by atoms with Crippen LogP contribution in [0.2, 0.25) is 0 Å². The zero-order valence-electron chi connectivity index (χ0n) is 11.3. The van der Waals surface area contributed by atoms with Crippen LogP contribution in [0.5, 0.6) is 0 Å². The Morgan fingerprint density at radius 2 is 1.55 bits per heavy atom. The first kappa shape index (κ1) is 12.5. The van der Waals surface area contributed by atoms with E-state index in [2.05, 4.69) is 60.7 Å². The van der Waals surface area contributed by atoms with Crippen molar-refractivity contribution in [2.45, 2.75) is 6.42 Å². The Labute approximate surface area is 119 Å². The van der Waals surface area contributed by atoms with Gasteiger partial charge in [-0.25, -0.2) is 0 Å². The predicted octanol–water partition coefficient (Wildman–Crippen LogP) is 4.36. The summed E-state index contributed by atoms with van der Waals surface area (Å²) in [6, 6.07) is 23.3. The van der Waals surface area contributed by atoms with Gasteiger partial charge in [-0.3, -0.25) is 0 Å². The van der Waals surface area contributed by atoms with E-state index in [-0.39, 0.29) is 0 Å². The van der Waals surface area contributed by atoms with Crippen LogP contribution in [-0.2, 0) is 6.42 Å². The van der Waals surface area contributed by atoms with Crippen molar-refractivity contribution in [3.8, 4) is 0 Å². The number of rotatable bonds is 3. The quantitative estimate of drug-likeness (QED) is 0.743. The van der Waals surface area contributed by atoms with Crippen molar-refractivity contribution in [2.75, 3.05) is 0 Å². The van der Waals surface area contributed by atoms with E-state index in [0.717, 1.165) is 6.42 Å². The molecular weight excluding hydrogens is 242 g/mol. The average Bonchev–Trinajstić information content (AvgIpc) is 2.51. The minimum absolute atomic E-state index is 0.922. The lowest BCUT2D eigenvalue weighted by Crippen LogP contribution is -1.94. The average molecular weight is 259 g/mol. The molecule has 3 rings (SSSR count). The summed E-state index contributed by atoms with van der Waals surface area (Å²) in [7, 11) is 0. The monoisotopic (exact) mass is 259 g/mol. The molecule has 0 aliphatic carbocycles. The van der Waals surface area contributed by atoms with E-state index in [1.165, 1.54) is 27.5 Å². The molecule has 1 nitrogen and oxygen atoms in total. The van der Waals surface area contributed by atoms with Gasteiger partial charge in [0.05, 0.1) is 0 Å². The van der Waals surface area contributed by atoms with Gasteiger partial charge in [-0.05, 0) is 46.2 Å². The second kappa shape index (κ2) is 5.62. The third-order valence-electron chi connectivity index (χ3n) is 3.56. The highest BCUT2D eigenvalue weighted by atomic mass is 14.5. The van der Waals surface area contributed by atoms with Gasteiger partial charge < -0.3 is 5.73 Å². The summed E-state index contributed by atoms with van der Waals surface area (Å²) in [5.41, 5.74) is 9.47. The van der Waals surface area contributed by atoms with Crippen LogP contribution in [0.25, 0.3) is 16.8 Å². The lowest BCUT2D eigenvalue weighted by Gasteiger charge is -2.10. The van der Waals surface area contributed by atoms with Crippen LogP contribution >= 0.6 is 0 Å². The van der Waals surface area contributed by atoms with E-state index in [1.807, 2.05) is 12.1 Å². The van der Waals surface area contributed by atoms with E-state index >= 15 is 0 Å². The molecule has 0 saturated heterocycles. The molecule has 1 heteroatoms. The molecule has 0 aromatic heterocycles. The summed E-state index contributed by atoms with van der Waals surface area (Å²) < 4.78 is 0. The zero-order valence-corrected chi connectivity index (χ0v) is 11.3. The van der Waals surface area contributed by atoms with Crippen molar-refractivity contribution in [1.82, 2.24) is 0 Å². The van der Waals surface area contributed by atoms with Crippen molar-refractivity contribution in [3.63, 3.8) is 0 Å². The molecule has 0 bridgehead atoms. The molecular formula is C19H17N. The topological polar surface area (TPSA) is 26.0 Å². The fourth-order valence-electron chi connectivity index (χ4n) is 2.60. The first-order valence-electron chi connectivity index (χ1n) is 6.81. The Morgan fingerprint density at radius 3 is 2.35 bits per heavy atom. The Kier molecular flexibility index (Phi) is 3.51. The molecule has 3 aromatic carbocycles. The van der Waals surface area contributed by atoms with Crippen molar-refractivity contribution in [1.29, 1.82) is 0 Å². The minimum atomic E-state index is 0.922. The van der Waals surface area contributed by atoms with Gasteiger partial charge in [0.2, 0.25) is 0 Å². The number of nitrogens with two attached hydrogens (primary N) is 1. The summed E-state index contributed by atoms with van der Waals surface area (Å²) in [6.45, 7) is 0. The van der Waals surface area contributed by atoms with Crippen LogP contribution in [-0.4, -0.2) is 0 Å². The molecule has 20 heavy (non-hydrogen) atoms. The first-order chi connectivity index (χ1) is 9.88. The minimum Gasteiger partial charge on any atom is -0.405 e. The van der Waals surface area contributed by atoms with E-state index in [4.69, 9.17) is 5.73 Å². The highest BCUT2D eigenvalue weighted by molar-refractivity contribution is 5.92. The molecule has 0 aliphatic rings. The van der Waals surface area contributed by atoms with E-state index < -0.39 is 0 Å². The maximum absolute atomic E-state index is 5.63. The van der Waals surface area contributed by atoms with Gasteiger partial charge in [0, 0.05) is 0 Å². The first-order valence-corrected chi connectivity index (χ1v) is 6.81. The lowest BCUT2D eigenvalue weighted by atomic mass is 9.94. The van der Waals surface area contributed by atoms with Crippen molar-refractivity contribution in [3.05, 3.63) is 89.6 Å². The predicted molar refractivity (Wildman–Crippen MR) is 86.4 cm³/mol. The molecule has 3 aromatic rings. The molecule has 0 unspecified atom stereocenters. The third-order valence-corrected chi connectivity index (χ3v) is 3.56. The SMILES string of the molecule is N/C=C\c1c(Cc2ccccc2)ccc2ccccc12. The highest BCUT2D eigenvalue weighted by Crippen LogP contribution is 2.25. The number of hydrogen-bond acceptors (Lipinski definition) is 1. The van der Waals surface area contributed by atoms with Gasteiger partial charge in [0.25, 0.3) is 0 Å². The molecule has 0 aliphatic heterocycles. The smallest absolute Gasteiger partial charge is 0.00196 e. The highest BCUT2D eigenvalue weighted by Gasteiger charge is 2.05. The van der Waals surface area contributed by atoms with Crippen molar-refractivity contribution < 1.29 is 0 Å². The Hall–Kier alpha value is -2.54. The van der Waals surface area contributed by atoms with Gasteiger partial charge in [0.1, 0.15) is 0 Å². The third kappa shape index (κ3) is 2.43. The molecule has 2 N–H and O–H groups in total. The van der Waals surface area contributed by atoms with E-state index in [1.54, 1.807) is 6.20 Å². The van der Waals surface area contributed by atoms with Crippen LogP contribution in [0.4, 0.5) is 0 Å². The number of hydrogen-bond donors (Lipinski definition) is 1. The summed E-state index contributed by atoms with van der Waals surface area (Å²) in [4.78, 5) is 0. The molecule has 0 fully saturated rings. The molecule has 0 amide bonds. The van der Waals surface area contributed by atoms with Crippen LogP contribution in [0.1, 0.15) is 16.7 Å². The molecule has 0 spiro atoms. The summed E-state index contributed by atoms with van der Waals surface area (Å²) in [5.74, 6) is 0. The molecule has 0 heterocycles. The standard InChI is InChI=1S/C19H17N/c20-13-12-19-17(14-15-6-2-1-3-7-15)11-10-16-8-4-5-9-18(16)19/h1-13H,14,20H2/b13-12-. The van der Waals surface area contributed by atoms with Crippen LogP contribution in [0, 0.1) is 0 Å². The maximum Gasteiger partial charge on any atom is -0.00196 e. The Balaban J connectivity index is 2.13. The van der Waals surface area contributed by atoms with Crippen molar-refractivity contribution in [2.24, 2.45) is 5.73 Å². The largest absolute Gasteiger partial charge is 0.405 e. The second-order valence-corrected chi connectivity index (χ2v) is 4.88. The van der Waals surface area contributed by atoms with E-state index in [9.17, 15) is 0 Å². The van der Waals surface area contributed by atoms with Gasteiger partial charge in [-0.2, -0.15) is 0 Å². The number of benzene rings is 3. The van der Waals surface area contributed by atoms with Gasteiger partial charge >= 0.3 is 0 Å². The van der Waals surface area contributed by atoms with Gasteiger partial charge in [0.15, 0.2) is 0 Å². The summed E-state index contributed by atoms with van der Waals surface area (Å²) in [5, 5.41) is 2.50. The van der Waals surface area contributed by atoms with Crippen LogP contribution < -0.4 is 5.73 Å². The fourth-order valence-corrected chi connectivity index (χ4v) is 2.60. The van der Waals surface area contributed by atoms with Crippen LogP contribution in [0.15, 0.2) is 72.9 Å². The zero-order chi connectivity index (χ0) is 13.8. The fraction of sp³-hybridized carbons (Fsp3) is 0.0526. The molecule has 98 valence electrons. The van der Waals surface area contributed by atoms with Crippen LogP contribution in [0.3, 0.4) is 0 Å². The van der Waals surface area contributed by atoms with Gasteiger partial charge in [-0.1, -0.05) is 66.7 Å². The number of fused-ring (bicyclic) bond motifs is 1. The summed E-state index contributed by atoms with van der Waals surface area (Å²) >= 11 is 0.